The van der Waals surface area contributed by atoms with E-state index in [1.165, 1.54) is 11.8 Å². The Bertz CT molecular complexity index is 908. The number of amides is 2. The summed E-state index contributed by atoms with van der Waals surface area (Å²) in [6.07, 6.45) is 0. The van der Waals surface area contributed by atoms with E-state index in [1.54, 1.807) is 30.0 Å². The van der Waals surface area contributed by atoms with Crippen molar-refractivity contribution < 1.29 is 9.59 Å². The molecule has 0 spiro atoms. The summed E-state index contributed by atoms with van der Waals surface area (Å²) in [4.78, 5) is 27.3. The molecule has 168 valence electrons. The van der Waals surface area contributed by atoms with Gasteiger partial charge in [0, 0.05) is 33.9 Å². The second-order valence-electron chi connectivity index (χ2n) is 7.66. The van der Waals surface area contributed by atoms with Crippen molar-refractivity contribution in [2.75, 3.05) is 12.3 Å². The molecule has 0 aromatic heterocycles. The van der Waals surface area contributed by atoms with E-state index in [2.05, 4.69) is 5.32 Å². The Hall–Kier alpha value is -1.40. The SMILES string of the molecule is CC(C)CNC(=O)[C@@H](C)N(Cc1ccc(Cl)cc1Cl)C(=O)CSCc1ccccc1Cl. The molecule has 1 atom stereocenters. The topological polar surface area (TPSA) is 49.4 Å². The second kappa shape index (κ2) is 12.6. The Morgan fingerprint density at radius 1 is 1.00 bits per heavy atom. The van der Waals surface area contributed by atoms with E-state index >= 15 is 0 Å². The van der Waals surface area contributed by atoms with Crippen LogP contribution in [0.4, 0.5) is 0 Å². The molecule has 4 nitrogen and oxygen atoms in total. The van der Waals surface area contributed by atoms with Gasteiger partial charge in [0.25, 0.3) is 0 Å². The van der Waals surface area contributed by atoms with E-state index in [4.69, 9.17) is 34.8 Å². The molecule has 2 aromatic carbocycles. The number of nitrogens with zero attached hydrogens (tertiary/aromatic N) is 1. The number of nitrogens with one attached hydrogen (secondary N) is 1. The highest BCUT2D eigenvalue weighted by Gasteiger charge is 2.26. The van der Waals surface area contributed by atoms with Crippen molar-refractivity contribution in [2.45, 2.75) is 39.1 Å². The first-order valence-electron chi connectivity index (χ1n) is 10.0. The molecule has 8 heteroatoms. The van der Waals surface area contributed by atoms with Gasteiger partial charge in [-0.05, 0) is 42.2 Å². The number of hydrogen-bond donors (Lipinski definition) is 1. The predicted octanol–water partition coefficient (Wildman–Crippen LogP) is 6.07. The molecule has 0 radical (unpaired) electrons. The molecule has 0 fully saturated rings. The Morgan fingerprint density at radius 2 is 1.71 bits per heavy atom. The highest BCUT2D eigenvalue weighted by atomic mass is 35.5. The van der Waals surface area contributed by atoms with Crippen LogP contribution in [0.3, 0.4) is 0 Å². The third kappa shape index (κ3) is 8.23. The molecule has 0 bridgehead atoms. The van der Waals surface area contributed by atoms with Gasteiger partial charge in [-0.25, -0.2) is 0 Å². The lowest BCUT2D eigenvalue weighted by molar-refractivity contribution is -0.138. The summed E-state index contributed by atoms with van der Waals surface area (Å²) >= 11 is 20.0. The van der Waals surface area contributed by atoms with Gasteiger partial charge in [0.1, 0.15) is 6.04 Å². The van der Waals surface area contributed by atoms with E-state index in [1.807, 2.05) is 38.1 Å². The summed E-state index contributed by atoms with van der Waals surface area (Å²) in [6.45, 7) is 6.54. The number of carbonyl (C=O) groups is 2. The smallest absolute Gasteiger partial charge is 0.242 e. The van der Waals surface area contributed by atoms with Crippen molar-refractivity contribution in [3.05, 3.63) is 68.7 Å². The van der Waals surface area contributed by atoms with Gasteiger partial charge in [-0.3, -0.25) is 9.59 Å². The summed E-state index contributed by atoms with van der Waals surface area (Å²) in [5.41, 5.74) is 1.70. The van der Waals surface area contributed by atoms with Crippen molar-refractivity contribution in [3.8, 4) is 0 Å². The Kier molecular flexibility index (Phi) is 10.5. The molecule has 0 aliphatic rings. The van der Waals surface area contributed by atoms with Crippen molar-refractivity contribution in [1.29, 1.82) is 0 Å². The number of hydrogen-bond acceptors (Lipinski definition) is 3. The molecular weight excluding hydrogens is 475 g/mol. The summed E-state index contributed by atoms with van der Waals surface area (Å²) in [6, 6.07) is 12.1. The normalized spacial score (nSPS) is 12.0. The summed E-state index contributed by atoms with van der Waals surface area (Å²) in [5, 5.41) is 4.56. The highest BCUT2D eigenvalue weighted by Crippen LogP contribution is 2.25. The zero-order valence-corrected chi connectivity index (χ0v) is 20.9. The van der Waals surface area contributed by atoms with Gasteiger partial charge >= 0.3 is 0 Å². The zero-order chi connectivity index (χ0) is 23.0. The fourth-order valence-corrected chi connectivity index (χ4v) is 4.48. The van der Waals surface area contributed by atoms with Gasteiger partial charge < -0.3 is 10.2 Å². The van der Waals surface area contributed by atoms with Crippen molar-refractivity contribution >= 4 is 58.4 Å². The first-order valence-corrected chi connectivity index (χ1v) is 12.3. The molecule has 0 aliphatic heterocycles. The molecule has 2 aromatic rings. The number of thioether (sulfide) groups is 1. The average Bonchev–Trinajstić information content (AvgIpc) is 2.72. The minimum Gasteiger partial charge on any atom is -0.354 e. The highest BCUT2D eigenvalue weighted by molar-refractivity contribution is 7.99. The third-order valence-corrected chi connectivity index (χ3v) is 6.57. The number of carbonyl (C=O) groups excluding carboxylic acids is 2. The molecule has 0 saturated heterocycles. The lowest BCUT2D eigenvalue weighted by Gasteiger charge is -2.29. The summed E-state index contributed by atoms with van der Waals surface area (Å²) in [7, 11) is 0. The number of rotatable bonds is 10. The second-order valence-corrected chi connectivity index (χ2v) is 9.89. The maximum absolute atomic E-state index is 13.1. The van der Waals surface area contributed by atoms with Crippen LogP contribution in [-0.2, 0) is 21.9 Å². The zero-order valence-electron chi connectivity index (χ0n) is 17.8. The van der Waals surface area contributed by atoms with E-state index in [9.17, 15) is 9.59 Å². The lowest BCUT2D eigenvalue weighted by atomic mass is 10.1. The minimum atomic E-state index is -0.640. The van der Waals surface area contributed by atoms with E-state index in [-0.39, 0.29) is 24.1 Å². The average molecular weight is 502 g/mol. The standard InChI is InChI=1S/C23H27Cl3N2O2S/c1-15(2)11-27-23(30)16(3)28(12-17-8-9-19(24)10-21(17)26)22(29)14-31-13-18-6-4-5-7-20(18)25/h4-10,15-16H,11-14H2,1-3H3,(H,27,30)/t16-/m1/s1. The number of halogens is 3. The van der Waals surface area contributed by atoms with Crippen molar-refractivity contribution in [3.63, 3.8) is 0 Å². The van der Waals surface area contributed by atoms with Crippen LogP contribution in [0.2, 0.25) is 15.1 Å². The van der Waals surface area contributed by atoms with Crippen LogP contribution in [-0.4, -0.2) is 35.1 Å². The molecular formula is C23H27Cl3N2O2S. The van der Waals surface area contributed by atoms with Crippen molar-refractivity contribution in [1.82, 2.24) is 10.2 Å². The third-order valence-electron chi connectivity index (χ3n) is 4.65. The van der Waals surface area contributed by atoms with Crippen LogP contribution in [0.5, 0.6) is 0 Å². The first kappa shape index (κ1) is 25.9. The van der Waals surface area contributed by atoms with Crippen LogP contribution in [0.15, 0.2) is 42.5 Å². The Balaban J connectivity index is 2.12. The maximum atomic E-state index is 13.1. The molecule has 0 aliphatic carbocycles. The molecule has 0 unspecified atom stereocenters. The van der Waals surface area contributed by atoms with Gasteiger partial charge in [0.2, 0.25) is 11.8 Å². The quantitative estimate of drug-likeness (QED) is 0.430. The Labute approximate surface area is 203 Å². The molecule has 2 amide bonds. The monoisotopic (exact) mass is 500 g/mol. The maximum Gasteiger partial charge on any atom is 0.242 e. The van der Waals surface area contributed by atoms with Crippen LogP contribution in [0, 0.1) is 5.92 Å². The van der Waals surface area contributed by atoms with Crippen LogP contribution in [0.1, 0.15) is 31.9 Å². The minimum absolute atomic E-state index is 0.143. The Morgan fingerprint density at radius 3 is 2.35 bits per heavy atom. The van der Waals surface area contributed by atoms with Gasteiger partial charge in [0.15, 0.2) is 0 Å². The first-order chi connectivity index (χ1) is 14.7. The molecule has 0 heterocycles. The van der Waals surface area contributed by atoms with E-state index < -0.39 is 6.04 Å². The fourth-order valence-electron chi connectivity index (χ4n) is 2.82. The molecule has 0 saturated carbocycles. The van der Waals surface area contributed by atoms with Gasteiger partial charge in [-0.15, -0.1) is 11.8 Å². The predicted molar refractivity (Wildman–Crippen MR) is 132 cm³/mol. The molecule has 31 heavy (non-hydrogen) atoms. The van der Waals surface area contributed by atoms with E-state index in [0.29, 0.717) is 33.3 Å². The van der Waals surface area contributed by atoms with Crippen LogP contribution < -0.4 is 5.32 Å². The molecule has 1 N–H and O–H groups in total. The largest absolute Gasteiger partial charge is 0.354 e. The van der Waals surface area contributed by atoms with Gasteiger partial charge in [-0.2, -0.15) is 0 Å². The van der Waals surface area contributed by atoms with Crippen LogP contribution >= 0.6 is 46.6 Å². The summed E-state index contributed by atoms with van der Waals surface area (Å²) in [5.74, 6) is 0.809. The van der Waals surface area contributed by atoms with Crippen LogP contribution in [0.25, 0.3) is 0 Å². The number of benzene rings is 2. The lowest BCUT2D eigenvalue weighted by Crippen LogP contribution is -2.48. The van der Waals surface area contributed by atoms with Crippen molar-refractivity contribution in [2.24, 2.45) is 5.92 Å². The van der Waals surface area contributed by atoms with E-state index in [0.717, 1.165) is 11.1 Å². The molecule has 2 rings (SSSR count). The van der Waals surface area contributed by atoms with Gasteiger partial charge in [0.05, 0.1) is 5.75 Å². The van der Waals surface area contributed by atoms with Gasteiger partial charge in [-0.1, -0.05) is 72.9 Å². The summed E-state index contributed by atoms with van der Waals surface area (Å²) < 4.78 is 0. The fraction of sp³-hybridized carbons (Fsp3) is 0.391.